The minimum atomic E-state index is -0.102. The molecule has 0 saturated carbocycles. The van der Waals surface area contributed by atoms with Gasteiger partial charge in [0.05, 0.1) is 5.56 Å². The van der Waals surface area contributed by atoms with Crippen LogP contribution in [0.1, 0.15) is 39.4 Å². The summed E-state index contributed by atoms with van der Waals surface area (Å²) in [4.78, 5) is 32.4. The van der Waals surface area contributed by atoms with E-state index in [4.69, 9.17) is 4.42 Å². The van der Waals surface area contributed by atoms with E-state index >= 15 is 0 Å². The van der Waals surface area contributed by atoms with E-state index in [1.54, 1.807) is 17.9 Å². The first kappa shape index (κ1) is 23.6. The SMILES string of the molecule is Cc1cc(C(=O)N(CCC(=O)N2CCN(c3ccccc3C)CC2)Cc2ccccc2)c(C)o1. The molecule has 0 spiro atoms. The van der Waals surface area contributed by atoms with Gasteiger partial charge in [-0.1, -0.05) is 48.5 Å². The number of hydrogen-bond acceptors (Lipinski definition) is 4. The first-order valence-electron chi connectivity index (χ1n) is 11.9. The number of aryl methyl sites for hydroxylation is 3. The molecular weight excluding hydrogens is 426 g/mol. The van der Waals surface area contributed by atoms with E-state index in [1.165, 1.54) is 11.3 Å². The lowest BCUT2D eigenvalue weighted by Gasteiger charge is -2.37. The van der Waals surface area contributed by atoms with Gasteiger partial charge in [0.1, 0.15) is 11.5 Å². The molecular formula is C28H33N3O3. The third kappa shape index (κ3) is 5.50. The first-order chi connectivity index (χ1) is 16.4. The maximum Gasteiger partial charge on any atom is 0.257 e. The molecule has 4 rings (SSSR count). The number of benzene rings is 2. The smallest absolute Gasteiger partial charge is 0.257 e. The second kappa shape index (κ2) is 10.6. The van der Waals surface area contributed by atoms with Gasteiger partial charge in [-0.25, -0.2) is 0 Å². The quantitative estimate of drug-likeness (QED) is 0.519. The molecule has 6 nitrogen and oxygen atoms in total. The number of anilines is 1. The number of piperazine rings is 1. The third-order valence-corrected chi connectivity index (χ3v) is 6.46. The van der Waals surface area contributed by atoms with Crippen LogP contribution in [0.2, 0.25) is 0 Å². The summed E-state index contributed by atoms with van der Waals surface area (Å²) in [6.45, 7) is 9.61. The minimum absolute atomic E-state index is 0.0930. The fraction of sp³-hybridized carbons (Fsp3) is 0.357. The van der Waals surface area contributed by atoms with Crippen molar-refractivity contribution < 1.29 is 14.0 Å². The zero-order valence-electron chi connectivity index (χ0n) is 20.3. The van der Waals surface area contributed by atoms with Gasteiger partial charge < -0.3 is 19.1 Å². The summed E-state index contributed by atoms with van der Waals surface area (Å²) in [5, 5.41) is 0. The highest BCUT2D eigenvalue weighted by Crippen LogP contribution is 2.22. The Kier molecular flexibility index (Phi) is 7.36. The molecule has 1 fully saturated rings. The molecule has 1 aliphatic heterocycles. The molecule has 1 aromatic heterocycles. The number of hydrogen-bond donors (Lipinski definition) is 0. The van der Waals surface area contributed by atoms with Gasteiger partial charge in [-0.3, -0.25) is 9.59 Å². The van der Waals surface area contributed by atoms with Gasteiger partial charge in [-0.15, -0.1) is 0 Å². The Hall–Kier alpha value is -3.54. The molecule has 0 radical (unpaired) electrons. The Balaban J connectivity index is 1.39. The number of carbonyl (C=O) groups excluding carboxylic acids is 2. The zero-order valence-corrected chi connectivity index (χ0v) is 20.3. The molecule has 2 aromatic carbocycles. The Morgan fingerprint density at radius 2 is 1.59 bits per heavy atom. The van der Waals surface area contributed by atoms with Crippen molar-refractivity contribution in [2.75, 3.05) is 37.6 Å². The molecule has 3 aromatic rings. The molecule has 0 aliphatic carbocycles. The lowest BCUT2D eigenvalue weighted by Crippen LogP contribution is -2.49. The van der Waals surface area contributed by atoms with Gasteiger partial charge >= 0.3 is 0 Å². The van der Waals surface area contributed by atoms with Crippen LogP contribution in [0.4, 0.5) is 5.69 Å². The van der Waals surface area contributed by atoms with Crippen LogP contribution in [0.15, 0.2) is 65.1 Å². The van der Waals surface area contributed by atoms with E-state index in [0.717, 1.165) is 18.7 Å². The molecule has 0 atom stereocenters. The molecule has 0 N–H and O–H groups in total. The van der Waals surface area contributed by atoms with Crippen molar-refractivity contribution in [3.05, 3.63) is 88.9 Å². The third-order valence-electron chi connectivity index (χ3n) is 6.46. The second-order valence-electron chi connectivity index (χ2n) is 8.94. The number of carbonyl (C=O) groups is 2. The largest absolute Gasteiger partial charge is 0.466 e. The highest BCUT2D eigenvalue weighted by Gasteiger charge is 2.25. The average molecular weight is 460 g/mol. The minimum Gasteiger partial charge on any atom is -0.466 e. The fourth-order valence-electron chi connectivity index (χ4n) is 4.57. The van der Waals surface area contributed by atoms with Crippen molar-refractivity contribution in [3.8, 4) is 0 Å². The molecule has 2 heterocycles. The van der Waals surface area contributed by atoms with E-state index in [9.17, 15) is 9.59 Å². The molecule has 0 bridgehead atoms. The molecule has 6 heteroatoms. The topological polar surface area (TPSA) is 57.0 Å². The average Bonchev–Trinajstić information content (AvgIpc) is 3.20. The first-order valence-corrected chi connectivity index (χ1v) is 11.9. The number of para-hydroxylation sites is 1. The lowest BCUT2D eigenvalue weighted by molar-refractivity contribution is -0.131. The maximum absolute atomic E-state index is 13.3. The predicted octanol–water partition coefficient (Wildman–Crippen LogP) is 4.59. The Bertz CT molecular complexity index is 1130. The van der Waals surface area contributed by atoms with Crippen LogP contribution in [0, 0.1) is 20.8 Å². The summed E-state index contributed by atoms with van der Waals surface area (Å²) in [6, 6.07) is 20.0. The predicted molar refractivity (Wildman–Crippen MR) is 134 cm³/mol. The van der Waals surface area contributed by atoms with Crippen molar-refractivity contribution in [3.63, 3.8) is 0 Å². The van der Waals surface area contributed by atoms with Gasteiger partial charge in [0.2, 0.25) is 5.91 Å². The zero-order chi connectivity index (χ0) is 24.1. The van der Waals surface area contributed by atoms with Gasteiger partial charge in [-0.05, 0) is 44.0 Å². The summed E-state index contributed by atoms with van der Waals surface area (Å²) >= 11 is 0. The fourth-order valence-corrected chi connectivity index (χ4v) is 4.57. The maximum atomic E-state index is 13.3. The molecule has 2 amide bonds. The van der Waals surface area contributed by atoms with Crippen molar-refractivity contribution in [1.29, 1.82) is 0 Å². The Morgan fingerprint density at radius 1 is 0.912 bits per heavy atom. The highest BCUT2D eigenvalue weighted by molar-refractivity contribution is 5.95. The number of rotatable bonds is 7. The molecule has 1 saturated heterocycles. The lowest BCUT2D eigenvalue weighted by atomic mass is 10.1. The summed E-state index contributed by atoms with van der Waals surface area (Å²) < 4.78 is 5.58. The van der Waals surface area contributed by atoms with Crippen LogP contribution in [0.5, 0.6) is 0 Å². The molecule has 178 valence electrons. The summed E-state index contributed by atoms with van der Waals surface area (Å²) in [5.41, 5.74) is 4.09. The normalized spacial score (nSPS) is 13.7. The number of amides is 2. The molecule has 34 heavy (non-hydrogen) atoms. The molecule has 0 unspecified atom stereocenters. The van der Waals surface area contributed by atoms with Crippen molar-refractivity contribution >= 4 is 17.5 Å². The monoisotopic (exact) mass is 459 g/mol. The van der Waals surface area contributed by atoms with E-state index in [1.807, 2.05) is 48.2 Å². The summed E-state index contributed by atoms with van der Waals surface area (Å²) in [6.07, 6.45) is 0.304. The van der Waals surface area contributed by atoms with Gasteiger partial charge in [0, 0.05) is 51.4 Å². The van der Waals surface area contributed by atoms with Crippen molar-refractivity contribution in [1.82, 2.24) is 9.80 Å². The van der Waals surface area contributed by atoms with E-state index in [0.29, 0.717) is 49.7 Å². The molecule has 1 aliphatic rings. The highest BCUT2D eigenvalue weighted by atomic mass is 16.3. The van der Waals surface area contributed by atoms with Crippen LogP contribution >= 0.6 is 0 Å². The van der Waals surface area contributed by atoms with Crippen LogP contribution < -0.4 is 4.90 Å². The summed E-state index contributed by atoms with van der Waals surface area (Å²) in [7, 11) is 0. The van der Waals surface area contributed by atoms with Gasteiger partial charge in [0.15, 0.2) is 0 Å². The van der Waals surface area contributed by atoms with Crippen molar-refractivity contribution in [2.45, 2.75) is 33.7 Å². The van der Waals surface area contributed by atoms with Gasteiger partial charge in [0.25, 0.3) is 5.91 Å². The number of furan rings is 1. The van der Waals surface area contributed by atoms with Crippen LogP contribution in [0.3, 0.4) is 0 Å². The van der Waals surface area contributed by atoms with Crippen LogP contribution in [0.25, 0.3) is 0 Å². The van der Waals surface area contributed by atoms with Crippen LogP contribution in [-0.4, -0.2) is 54.3 Å². The standard InChI is InChI=1S/C28H33N3O3/c1-21-9-7-8-12-26(21)29-15-17-30(18-16-29)27(32)13-14-31(20-24-10-5-4-6-11-24)28(33)25-19-22(2)34-23(25)3/h4-12,19H,13-18,20H2,1-3H3. The number of nitrogens with zero attached hydrogens (tertiary/aromatic N) is 3. The van der Waals surface area contributed by atoms with E-state index in [-0.39, 0.29) is 11.8 Å². The summed E-state index contributed by atoms with van der Waals surface area (Å²) in [5.74, 6) is 1.31. The Labute approximate surface area is 201 Å². The van der Waals surface area contributed by atoms with Crippen molar-refractivity contribution in [2.24, 2.45) is 0 Å². The second-order valence-corrected chi connectivity index (χ2v) is 8.94. The van der Waals surface area contributed by atoms with E-state index in [2.05, 4.69) is 30.0 Å². The van der Waals surface area contributed by atoms with Crippen LogP contribution in [-0.2, 0) is 11.3 Å². The van der Waals surface area contributed by atoms with Gasteiger partial charge in [-0.2, -0.15) is 0 Å². The Morgan fingerprint density at radius 3 is 2.24 bits per heavy atom. The van der Waals surface area contributed by atoms with E-state index < -0.39 is 0 Å².